The molecule has 5 nitrogen and oxygen atoms in total. The number of carbonyl (C=O) groups excluding carboxylic acids is 1. The molecule has 21 heavy (non-hydrogen) atoms. The Morgan fingerprint density at radius 1 is 1.33 bits per heavy atom. The molecule has 2 aromatic rings. The normalized spacial score (nSPS) is 10.3. The van der Waals surface area contributed by atoms with Gasteiger partial charge in [-0.2, -0.15) is 0 Å². The topological polar surface area (TPSA) is 56.1 Å². The Kier molecular flexibility index (Phi) is 5.82. The molecule has 0 bridgehead atoms. The van der Waals surface area contributed by atoms with Crippen LogP contribution in [0, 0.1) is 0 Å². The number of carbonyl (C=O) groups is 1. The lowest BCUT2D eigenvalue weighted by Gasteiger charge is -2.06. The summed E-state index contributed by atoms with van der Waals surface area (Å²) in [5.41, 5.74) is 1.14. The minimum Gasteiger partial charge on any atom is -0.497 e. The summed E-state index contributed by atoms with van der Waals surface area (Å²) in [5, 5.41) is 2.94. The molecule has 1 amide bonds. The number of rotatable bonds is 8. The maximum Gasteiger partial charge on any atom is 0.220 e. The number of aromatic nitrogens is 2. The van der Waals surface area contributed by atoms with Crippen molar-refractivity contribution >= 4 is 5.91 Å². The van der Waals surface area contributed by atoms with Crippen molar-refractivity contribution in [3.63, 3.8) is 0 Å². The van der Waals surface area contributed by atoms with Gasteiger partial charge in [-0.1, -0.05) is 12.1 Å². The van der Waals surface area contributed by atoms with Gasteiger partial charge in [-0.3, -0.25) is 4.79 Å². The molecule has 1 aromatic carbocycles. The maximum atomic E-state index is 11.7. The summed E-state index contributed by atoms with van der Waals surface area (Å²) in [6.07, 6.45) is 7.63. The van der Waals surface area contributed by atoms with Gasteiger partial charge < -0.3 is 14.6 Å². The number of ether oxygens (including phenoxy) is 1. The smallest absolute Gasteiger partial charge is 0.220 e. The molecule has 0 unspecified atom stereocenters. The zero-order chi connectivity index (χ0) is 14.9. The molecule has 112 valence electrons. The predicted molar refractivity (Wildman–Crippen MR) is 81.2 cm³/mol. The van der Waals surface area contributed by atoms with Crippen molar-refractivity contribution in [2.45, 2.75) is 25.8 Å². The number of nitrogens with zero attached hydrogens (tertiary/aromatic N) is 2. The number of aryl methyl sites for hydroxylation is 2. The van der Waals surface area contributed by atoms with Gasteiger partial charge in [-0.05, 0) is 30.5 Å². The van der Waals surface area contributed by atoms with E-state index in [-0.39, 0.29) is 5.91 Å². The van der Waals surface area contributed by atoms with E-state index in [9.17, 15) is 4.79 Å². The largest absolute Gasteiger partial charge is 0.497 e. The van der Waals surface area contributed by atoms with Crippen LogP contribution >= 0.6 is 0 Å². The van der Waals surface area contributed by atoms with Crippen LogP contribution in [0.1, 0.15) is 18.4 Å². The van der Waals surface area contributed by atoms with Crippen molar-refractivity contribution < 1.29 is 9.53 Å². The second-order valence-corrected chi connectivity index (χ2v) is 4.85. The molecule has 0 aliphatic heterocycles. The van der Waals surface area contributed by atoms with Crippen LogP contribution in [-0.4, -0.2) is 29.1 Å². The third-order valence-electron chi connectivity index (χ3n) is 3.27. The first-order valence-electron chi connectivity index (χ1n) is 7.13. The zero-order valence-electron chi connectivity index (χ0n) is 12.3. The summed E-state index contributed by atoms with van der Waals surface area (Å²) in [4.78, 5) is 15.7. The van der Waals surface area contributed by atoms with Crippen LogP contribution in [-0.2, 0) is 17.8 Å². The summed E-state index contributed by atoms with van der Waals surface area (Å²) in [6, 6.07) is 7.81. The number of hydrogen-bond donors (Lipinski definition) is 1. The minimum absolute atomic E-state index is 0.0939. The molecule has 5 heteroatoms. The Morgan fingerprint density at radius 3 is 2.81 bits per heavy atom. The van der Waals surface area contributed by atoms with Crippen molar-refractivity contribution in [3.05, 3.63) is 48.5 Å². The highest BCUT2D eigenvalue weighted by molar-refractivity contribution is 5.76. The van der Waals surface area contributed by atoms with E-state index in [4.69, 9.17) is 4.74 Å². The van der Waals surface area contributed by atoms with Gasteiger partial charge in [-0.25, -0.2) is 4.98 Å². The average molecular weight is 287 g/mol. The molecule has 0 fully saturated rings. The van der Waals surface area contributed by atoms with E-state index in [1.54, 1.807) is 19.6 Å². The monoisotopic (exact) mass is 287 g/mol. The SMILES string of the molecule is COc1ccc(CCC(=O)NCCCn2ccnc2)cc1. The summed E-state index contributed by atoms with van der Waals surface area (Å²) in [6.45, 7) is 1.57. The van der Waals surface area contributed by atoms with E-state index in [2.05, 4.69) is 10.3 Å². The summed E-state index contributed by atoms with van der Waals surface area (Å²) in [7, 11) is 1.65. The van der Waals surface area contributed by atoms with E-state index in [0.717, 1.165) is 30.7 Å². The second kappa shape index (κ2) is 8.09. The number of imidazole rings is 1. The average Bonchev–Trinajstić information content (AvgIpc) is 3.03. The lowest BCUT2D eigenvalue weighted by molar-refractivity contribution is -0.121. The number of benzene rings is 1. The van der Waals surface area contributed by atoms with E-state index in [1.807, 2.05) is 35.0 Å². The summed E-state index contributed by atoms with van der Waals surface area (Å²) in [5.74, 6) is 0.930. The molecular weight excluding hydrogens is 266 g/mol. The molecule has 0 aliphatic rings. The standard InChI is InChI=1S/C16H21N3O2/c1-21-15-6-3-14(4-7-15)5-8-16(20)18-9-2-11-19-12-10-17-13-19/h3-4,6-7,10,12-13H,2,5,8-9,11H2,1H3,(H,18,20). The summed E-state index contributed by atoms with van der Waals surface area (Å²) < 4.78 is 7.11. The lowest BCUT2D eigenvalue weighted by atomic mass is 10.1. The number of amides is 1. The molecule has 0 saturated heterocycles. The molecule has 0 radical (unpaired) electrons. The van der Waals surface area contributed by atoms with Crippen LogP contribution < -0.4 is 10.1 Å². The van der Waals surface area contributed by atoms with Gasteiger partial charge >= 0.3 is 0 Å². The molecule has 1 heterocycles. The van der Waals surface area contributed by atoms with Gasteiger partial charge in [-0.15, -0.1) is 0 Å². The molecule has 0 saturated carbocycles. The zero-order valence-corrected chi connectivity index (χ0v) is 12.3. The van der Waals surface area contributed by atoms with Crippen LogP contribution in [0.4, 0.5) is 0 Å². The maximum absolute atomic E-state index is 11.7. The lowest BCUT2D eigenvalue weighted by Crippen LogP contribution is -2.25. The Labute approximate surface area is 125 Å². The van der Waals surface area contributed by atoms with Crippen molar-refractivity contribution in [1.29, 1.82) is 0 Å². The Bertz CT molecular complexity index is 535. The van der Waals surface area contributed by atoms with Crippen LogP contribution in [0.2, 0.25) is 0 Å². The molecule has 0 spiro atoms. The summed E-state index contributed by atoms with van der Waals surface area (Å²) >= 11 is 0. The fraction of sp³-hybridized carbons (Fsp3) is 0.375. The van der Waals surface area contributed by atoms with Gasteiger partial charge in [0.1, 0.15) is 5.75 Å². The molecule has 0 aliphatic carbocycles. The van der Waals surface area contributed by atoms with Crippen LogP contribution in [0.3, 0.4) is 0 Å². The number of nitrogens with one attached hydrogen (secondary N) is 1. The van der Waals surface area contributed by atoms with Crippen molar-refractivity contribution in [1.82, 2.24) is 14.9 Å². The Hall–Kier alpha value is -2.30. The predicted octanol–water partition coefficient (Wildman–Crippen LogP) is 2.03. The Morgan fingerprint density at radius 2 is 2.14 bits per heavy atom. The molecule has 1 aromatic heterocycles. The molecule has 1 N–H and O–H groups in total. The fourth-order valence-electron chi connectivity index (χ4n) is 2.05. The van der Waals surface area contributed by atoms with Crippen molar-refractivity contribution in [2.75, 3.05) is 13.7 Å². The van der Waals surface area contributed by atoms with E-state index >= 15 is 0 Å². The first kappa shape index (κ1) is 15.1. The van der Waals surface area contributed by atoms with Gasteiger partial charge in [0, 0.05) is 31.9 Å². The quantitative estimate of drug-likeness (QED) is 0.756. The first-order chi connectivity index (χ1) is 10.3. The highest BCUT2D eigenvalue weighted by Crippen LogP contribution is 2.12. The van der Waals surface area contributed by atoms with Crippen LogP contribution in [0.25, 0.3) is 0 Å². The number of hydrogen-bond acceptors (Lipinski definition) is 3. The van der Waals surface area contributed by atoms with Gasteiger partial charge in [0.2, 0.25) is 5.91 Å². The molecular formula is C16H21N3O2. The van der Waals surface area contributed by atoms with Gasteiger partial charge in [0.25, 0.3) is 0 Å². The Balaban J connectivity index is 1.60. The highest BCUT2D eigenvalue weighted by Gasteiger charge is 2.02. The van der Waals surface area contributed by atoms with Gasteiger partial charge in [0.15, 0.2) is 0 Å². The number of methoxy groups -OCH3 is 1. The van der Waals surface area contributed by atoms with Gasteiger partial charge in [0.05, 0.1) is 13.4 Å². The third-order valence-corrected chi connectivity index (χ3v) is 3.27. The van der Waals surface area contributed by atoms with Crippen molar-refractivity contribution in [2.24, 2.45) is 0 Å². The van der Waals surface area contributed by atoms with Crippen molar-refractivity contribution in [3.8, 4) is 5.75 Å². The van der Waals surface area contributed by atoms with Crippen LogP contribution in [0.15, 0.2) is 43.0 Å². The van der Waals surface area contributed by atoms with E-state index in [1.165, 1.54) is 0 Å². The second-order valence-electron chi connectivity index (χ2n) is 4.85. The van der Waals surface area contributed by atoms with Crippen LogP contribution in [0.5, 0.6) is 5.75 Å². The molecule has 0 atom stereocenters. The van der Waals surface area contributed by atoms with E-state index < -0.39 is 0 Å². The molecule has 2 rings (SSSR count). The first-order valence-corrected chi connectivity index (χ1v) is 7.13. The third kappa shape index (κ3) is 5.30. The van der Waals surface area contributed by atoms with E-state index in [0.29, 0.717) is 13.0 Å². The minimum atomic E-state index is 0.0939. The fourth-order valence-corrected chi connectivity index (χ4v) is 2.05. The highest BCUT2D eigenvalue weighted by atomic mass is 16.5.